The first kappa shape index (κ1) is 15.5. The summed E-state index contributed by atoms with van der Waals surface area (Å²) in [5.41, 5.74) is 2.14. The molecule has 120 valence electrons. The number of hydrogen-bond donors (Lipinski definition) is 2. The molecule has 1 amide bonds. The Bertz CT molecular complexity index is 663. The Morgan fingerprint density at radius 2 is 1.78 bits per heavy atom. The number of carbonyl (C=O) groups excluding carboxylic acids is 1. The van der Waals surface area contributed by atoms with Crippen molar-refractivity contribution in [2.75, 3.05) is 10.6 Å². The Hall–Kier alpha value is -2.43. The molecule has 2 N–H and O–H groups in total. The summed E-state index contributed by atoms with van der Waals surface area (Å²) >= 11 is 0. The van der Waals surface area contributed by atoms with Gasteiger partial charge in [-0.05, 0) is 43.0 Å². The molecular weight excluding hydrogens is 288 g/mol. The topological polar surface area (TPSA) is 66.9 Å². The molecule has 0 aliphatic heterocycles. The van der Waals surface area contributed by atoms with Gasteiger partial charge in [-0.2, -0.15) is 0 Å². The minimum Gasteiger partial charge on any atom is -0.366 e. The molecule has 0 saturated heterocycles. The Labute approximate surface area is 136 Å². The van der Waals surface area contributed by atoms with Crippen LogP contribution in [0.25, 0.3) is 0 Å². The van der Waals surface area contributed by atoms with Crippen LogP contribution in [-0.2, 0) is 11.2 Å². The van der Waals surface area contributed by atoms with Gasteiger partial charge in [-0.25, -0.2) is 0 Å². The highest BCUT2D eigenvalue weighted by molar-refractivity contribution is 5.91. The van der Waals surface area contributed by atoms with Crippen molar-refractivity contribution in [1.29, 1.82) is 0 Å². The smallest absolute Gasteiger partial charge is 0.230 e. The van der Waals surface area contributed by atoms with Gasteiger partial charge < -0.3 is 10.6 Å². The van der Waals surface area contributed by atoms with Crippen molar-refractivity contribution in [2.24, 2.45) is 0 Å². The van der Waals surface area contributed by atoms with Crippen LogP contribution in [0.1, 0.15) is 36.8 Å². The average Bonchev–Trinajstić information content (AvgIpc) is 3.04. The number of nitrogens with one attached hydrogen (secondary N) is 2. The summed E-state index contributed by atoms with van der Waals surface area (Å²) in [6, 6.07) is 12.1. The second-order valence-electron chi connectivity index (χ2n) is 6.08. The van der Waals surface area contributed by atoms with Gasteiger partial charge in [0.2, 0.25) is 5.91 Å². The van der Waals surface area contributed by atoms with Crippen LogP contribution in [0.15, 0.2) is 36.4 Å². The van der Waals surface area contributed by atoms with Crippen LogP contribution in [0.2, 0.25) is 0 Å². The maximum Gasteiger partial charge on any atom is 0.230 e. The summed E-state index contributed by atoms with van der Waals surface area (Å²) in [6.45, 7) is 2.01. The molecule has 0 unspecified atom stereocenters. The third kappa shape index (κ3) is 4.28. The van der Waals surface area contributed by atoms with E-state index < -0.39 is 0 Å². The number of benzene rings is 1. The highest BCUT2D eigenvalue weighted by Crippen LogP contribution is 2.21. The van der Waals surface area contributed by atoms with E-state index in [2.05, 4.69) is 20.8 Å². The first-order valence-electron chi connectivity index (χ1n) is 8.15. The molecule has 0 atom stereocenters. The molecule has 1 saturated carbocycles. The van der Waals surface area contributed by atoms with Crippen LogP contribution in [-0.4, -0.2) is 22.1 Å². The fourth-order valence-corrected chi connectivity index (χ4v) is 2.92. The van der Waals surface area contributed by atoms with Gasteiger partial charge in [-0.15, -0.1) is 10.2 Å². The van der Waals surface area contributed by atoms with Crippen LogP contribution in [0.3, 0.4) is 0 Å². The Balaban J connectivity index is 1.55. The molecule has 5 heteroatoms. The van der Waals surface area contributed by atoms with E-state index in [0.717, 1.165) is 16.9 Å². The van der Waals surface area contributed by atoms with Crippen molar-refractivity contribution in [1.82, 2.24) is 10.2 Å². The van der Waals surface area contributed by atoms with Crippen LogP contribution in [0, 0.1) is 6.92 Å². The molecular formula is C18H22N4O. The van der Waals surface area contributed by atoms with E-state index in [1.165, 1.54) is 25.7 Å². The normalized spacial score (nSPS) is 14.7. The van der Waals surface area contributed by atoms with Gasteiger partial charge >= 0.3 is 0 Å². The largest absolute Gasteiger partial charge is 0.366 e. The van der Waals surface area contributed by atoms with E-state index in [-0.39, 0.29) is 5.91 Å². The summed E-state index contributed by atoms with van der Waals surface area (Å²) in [5, 5.41) is 14.4. The molecule has 0 spiro atoms. The first-order valence-corrected chi connectivity index (χ1v) is 8.15. The molecule has 5 nitrogen and oxygen atoms in total. The fraction of sp³-hybridized carbons (Fsp3) is 0.389. The van der Waals surface area contributed by atoms with E-state index in [4.69, 9.17) is 0 Å². The number of rotatable bonds is 5. The maximum atomic E-state index is 12.1. The monoisotopic (exact) mass is 310 g/mol. The third-order valence-corrected chi connectivity index (χ3v) is 4.25. The quantitative estimate of drug-likeness (QED) is 0.889. The van der Waals surface area contributed by atoms with Gasteiger partial charge in [0.15, 0.2) is 5.82 Å². The van der Waals surface area contributed by atoms with Gasteiger partial charge in [0.25, 0.3) is 0 Å². The highest BCUT2D eigenvalue weighted by Gasteiger charge is 2.15. The van der Waals surface area contributed by atoms with E-state index in [1.807, 2.05) is 37.3 Å². The third-order valence-electron chi connectivity index (χ3n) is 4.25. The van der Waals surface area contributed by atoms with Gasteiger partial charge in [0.05, 0.1) is 6.42 Å². The van der Waals surface area contributed by atoms with Gasteiger partial charge in [-0.3, -0.25) is 4.79 Å². The molecule has 1 aromatic carbocycles. The van der Waals surface area contributed by atoms with E-state index in [9.17, 15) is 4.79 Å². The predicted octanol–water partition coefficient (Wildman–Crippen LogP) is 3.32. The lowest BCUT2D eigenvalue weighted by atomic mass is 10.1. The molecule has 1 aliphatic rings. The molecule has 23 heavy (non-hydrogen) atoms. The summed E-state index contributed by atoms with van der Waals surface area (Å²) in [5.74, 6) is 1.18. The van der Waals surface area contributed by atoms with Gasteiger partial charge in [-0.1, -0.05) is 37.1 Å². The number of carbonyl (C=O) groups is 1. The fourth-order valence-electron chi connectivity index (χ4n) is 2.92. The number of amides is 1. The van der Waals surface area contributed by atoms with Crippen molar-refractivity contribution in [3.05, 3.63) is 47.5 Å². The van der Waals surface area contributed by atoms with Gasteiger partial charge in [0, 0.05) is 6.04 Å². The molecule has 1 heterocycles. The molecule has 3 rings (SSSR count). The average molecular weight is 310 g/mol. The lowest BCUT2D eigenvalue weighted by molar-refractivity contribution is -0.115. The SMILES string of the molecule is Cc1ccccc1CC(=O)Nc1ccc(NC2CCCC2)nn1. The second kappa shape index (κ2) is 7.22. The van der Waals surface area contributed by atoms with Gasteiger partial charge in [0.1, 0.15) is 5.82 Å². The first-order chi connectivity index (χ1) is 11.2. The minimum atomic E-state index is -0.0786. The zero-order valence-electron chi connectivity index (χ0n) is 13.4. The van der Waals surface area contributed by atoms with Crippen LogP contribution in [0.5, 0.6) is 0 Å². The maximum absolute atomic E-state index is 12.1. The lowest BCUT2D eigenvalue weighted by Crippen LogP contribution is -2.18. The summed E-state index contributed by atoms with van der Waals surface area (Å²) in [4.78, 5) is 12.1. The number of hydrogen-bond acceptors (Lipinski definition) is 4. The highest BCUT2D eigenvalue weighted by atomic mass is 16.1. The molecule has 0 radical (unpaired) electrons. The molecule has 1 aromatic heterocycles. The van der Waals surface area contributed by atoms with Crippen molar-refractivity contribution in [3.8, 4) is 0 Å². The Morgan fingerprint density at radius 1 is 1.09 bits per heavy atom. The molecule has 0 bridgehead atoms. The van der Waals surface area contributed by atoms with Crippen molar-refractivity contribution >= 4 is 17.5 Å². The van der Waals surface area contributed by atoms with E-state index >= 15 is 0 Å². The van der Waals surface area contributed by atoms with Crippen LogP contribution >= 0.6 is 0 Å². The Kier molecular flexibility index (Phi) is 4.86. The number of anilines is 2. The van der Waals surface area contributed by atoms with Crippen LogP contribution < -0.4 is 10.6 Å². The summed E-state index contributed by atoms with van der Waals surface area (Å²) in [6.07, 6.45) is 5.28. The minimum absolute atomic E-state index is 0.0786. The number of nitrogens with zero attached hydrogens (tertiary/aromatic N) is 2. The van der Waals surface area contributed by atoms with Crippen molar-refractivity contribution < 1.29 is 4.79 Å². The van der Waals surface area contributed by atoms with Crippen molar-refractivity contribution in [3.63, 3.8) is 0 Å². The number of aryl methyl sites for hydroxylation is 1. The van der Waals surface area contributed by atoms with Crippen LogP contribution in [0.4, 0.5) is 11.6 Å². The zero-order valence-corrected chi connectivity index (χ0v) is 13.4. The summed E-state index contributed by atoms with van der Waals surface area (Å²) in [7, 11) is 0. The van der Waals surface area contributed by atoms with E-state index in [0.29, 0.717) is 18.3 Å². The lowest BCUT2D eigenvalue weighted by Gasteiger charge is -2.12. The molecule has 1 aliphatic carbocycles. The predicted molar refractivity (Wildman–Crippen MR) is 91.4 cm³/mol. The zero-order chi connectivity index (χ0) is 16.1. The number of aromatic nitrogens is 2. The van der Waals surface area contributed by atoms with Crippen molar-refractivity contribution in [2.45, 2.75) is 45.1 Å². The Morgan fingerprint density at radius 3 is 2.48 bits per heavy atom. The summed E-state index contributed by atoms with van der Waals surface area (Å²) < 4.78 is 0. The molecule has 1 fully saturated rings. The second-order valence-corrected chi connectivity index (χ2v) is 6.08. The molecule has 2 aromatic rings. The standard InChI is InChI=1S/C18H22N4O/c1-13-6-2-3-7-14(13)12-18(23)20-17-11-10-16(21-22-17)19-15-8-4-5-9-15/h2-3,6-7,10-11,15H,4-5,8-9,12H2,1H3,(H,19,21)(H,20,22,23). The van der Waals surface area contributed by atoms with E-state index in [1.54, 1.807) is 6.07 Å².